The molecule has 0 spiro atoms. The van der Waals surface area contributed by atoms with Crippen LogP contribution in [0, 0.1) is 6.92 Å². The van der Waals surface area contributed by atoms with Gasteiger partial charge in [-0.15, -0.1) is 22.9 Å². The van der Waals surface area contributed by atoms with Crippen LogP contribution in [0.1, 0.15) is 42.8 Å². The minimum atomic E-state index is -1.08. The van der Waals surface area contributed by atoms with Crippen LogP contribution in [0.3, 0.4) is 0 Å². The predicted molar refractivity (Wildman–Crippen MR) is 195 cm³/mol. The summed E-state index contributed by atoms with van der Waals surface area (Å²) in [5.41, 5.74) is 1.28. The summed E-state index contributed by atoms with van der Waals surface area (Å²) in [6.07, 6.45) is -0.647. The molecule has 2 atom stereocenters. The minimum absolute atomic E-state index is 0.0508. The Morgan fingerprint density at radius 1 is 0.940 bits per heavy atom. The fraction of sp³-hybridized carbons (Fsp3) is 0.316. The van der Waals surface area contributed by atoms with E-state index in [1.165, 1.54) is 26.0 Å². The average molecular weight is 717 g/mol. The number of halogens is 1. The minimum Gasteiger partial charge on any atom is -0.457 e. The van der Waals surface area contributed by atoms with Gasteiger partial charge in [-0.1, -0.05) is 54.6 Å². The number of hydrogen-bond donors (Lipinski definition) is 1. The zero-order chi connectivity index (χ0) is 35.8. The van der Waals surface area contributed by atoms with E-state index in [0.29, 0.717) is 27.6 Å². The van der Waals surface area contributed by atoms with Gasteiger partial charge >= 0.3 is 6.09 Å². The fourth-order valence-electron chi connectivity index (χ4n) is 5.70. The molecule has 0 aliphatic carbocycles. The van der Waals surface area contributed by atoms with Crippen LogP contribution in [0.25, 0.3) is 0 Å². The number of benzene rings is 3. The molecule has 1 aliphatic heterocycles. The van der Waals surface area contributed by atoms with Crippen molar-refractivity contribution < 1.29 is 28.7 Å². The van der Waals surface area contributed by atoms with E-state index < -0.39 is 41.5 Å². The van der Waals surface area contributed by atoms with E-state index in [2.05, 4.69) is 5.32 Å². The van der Waals surface area contributed by atoms with Gasteiger partial charge in [0, 0.05) is 30.2 Å². The second-order valence-electron chi connectivity index (χ2n) is 12.9. The SMILES string of the molecule is Cc1cc(Oc2ccccc2)ccc1N(C(=O)CCl)C(C(=O)N1CCN(C(=O)OC(C)(C)C)[C@@H](C(=O)NCc2ccccc2)C1)c1cccs1. The smallest absolute Gasteiger partial charge is 0.411 e. The number of piperazine rings is 1. The number of aryl methyl sites for hydroxylation is 1. The number of carbonyl (C=O) groups is 4. The van der Waals surface area contributed by atoms with Crippen molar-refractivity contribution in [2.75, 3.05) is 30.4 Å². The molecule has 1 aliphatic rings. The van der Waals surface area contributed by atoms with Crippen LogP contribution in [-0.4, -0.2) is 70.8 Å². The molecule has 1 saturated heterocycles. The summed E-state index contributed by atoms with van der Waals surface area (Å²) >= 11 is 7.53. The van der Waals surface area contributed by atoms with E-state index in [1.807, 2.05) is 79.0 Å². The molecular formula is C38H41ClN4O6S. The molecule has 262 valence electrons. The van der Waals surface area contributed by atoms with Crippen molar-refractivity contribution >= 4 is 52.4 Å². The molecule has 0 saturated carbocycles. The Morgan fingerprint density at radius 2 is 1.64 bits per heavy atom. The molecule has 50 heavy (non-hydrogen) atoms. The van der Waals surface area contributed by atoms with Gasteiger partial charge in [-0.3, -0.25) is 24.2 Å². The number of carbonyl (C=O) groups excluding carboxylic acids is 4. The first-order valence-electron chi connectivity index (χ1n) is 16.3. The van der Waals surface area contributed by atoms with Crippen LogP contribution in [0.5, 0.6) is 11.5 Å². The third-order valence-corrected chi connectivity index (χ3v) is 9.18. The van der Waals surface area contributed by atoms with Crippen molar-refractivity contribution in [3.8, 4) is 11.5 Å². The topological polar surface area (TPSA) is 108 Å². The van der Waals surface area contributed by atoms with E-state index in [-0.39, 0.29) is 32.1 Å². The lowest BCUT2D eigenvalue weighted by Crippen LogP contribution is -2.63. The van der Waals surface area contributed by atoms with Gasteiger partial charge in [0.25, 0.3) is 5.91 Å². The Balaban J connectivity index is 1.45. The molecule has 1 aromatic heterocycles. The maximum atomic E-state index is 14.7. The Labute approximate surface area is 301 Å². The van der Waals surface area contributed by atoms with E-state index in [1.54, 1.807) is 45.0 Å². The molecule has 3 aromatic carbocycles. The molecule has 1 unspecified atom stereocenters. The fourth-order valence-corrected chi connectivity index (χ4v) is 6.63. The summed E-state index contributed by atoms with van der Waals surface area (Å²) in [7, 11) is 0. The van der Waals surface area contributed by atoms with Crippen molar-refractivity contribution in [2.45, 2.75) is 51.9 Å². The van der Waals surface area contributed by atoms with Gasteiger partial charge in [0.2, 0.25) is 11.8 Å². The standard InChI is InChI=1S/C38H41ClN4O6S/c1-26-22-29(48-28-14-9-6-10-15-28)17-18-30(26)43(33(44)23-39)34(32-16-11-21-50-32)36(46)41-19-20-42(37(47)49-38(2,3)4)31(25-41)35(45)40-24-27-12-7-5-8-13-27/h5-18,21-22,31,34H,19-20,23-25H2,1-4H3,(H,40,45)/t31-,34?/m1/s1. The lowest BCUT2D eigenvalue weighted by atomic mass is 10.1. The van der Waals surface area contributed by atoms with Gasteiger partial charge in [-0.05, 0) is 80.6 Å². The van der Waals surface area contributed by atoms with E-state index in [4.69, 9.17) is 21.1 Å². The number of anilines is 1. The first-order valence-corrected chi connectivity index (χ1v) is 17.7. The Hall–Kier alpha value is -4.87. The van der Waals surface area contributed by atoms with Gasteiger partial charge in [-0.2, -0.15) is 0 Å². The molecular weight excluding hydrogens is 676 g/mol. The van der Waals surface area contributed by atoms with Crippen molar-refractivity contribution in [3.05, 3.63) is 112 Å². The average Bonchev–Trinajstić information content (AvgIpc) is 3.64. The van der Waals surface area contributed by atoms with Gasteiger partial charge in [-0.25, -0.2) is 4.79 Å². The predicted octanol–water partition coefficient (Wildman–Crippen LogP) is 6.93. The van der Waals surface area contributed by atoms with Gasteiger partial charge in [0.15, 0.2) is 0 Å². The van der Waals surface area contributed by atoms with Crippen molar-refractivity contribution in [2.24, 2.45) is 0 Å². The number of ether oxygens (including phenoxy) is 2. The van der Waals surface area contributed by atoms with Crippen molar-refractivity contribution in [3.63, 3.8) is 0 Å². The number of amides is 4. The van der Waals surface area contributed by atoms with Crippen molar-refractivity contribution in [1.82, 2.24) is 15.1 Å². The first kappa shape index (κ1) is 36.4. The van der Waals surface area contributed by atoms with Crippen LogP contribution in [0.4, 0.5) is 10.5 Å². The maximum Gasteiger partial charge on any atom is 0.411 e. The van der Waals surface area contributed by atoms with Crippen LogP contribution < -0.4 is 15.0 Å². The summed E-state index contributed by atoms with van der Waals surface area (Å²) < 4.78 is 11.7. The highest BCUT2D eigenvalue weighted by atomic mass is 35.5. The van der Waals surface area contributed by atoms with Crippen LogP contribution >= 0.6 is 22.9 Å². The van der Waals surface area contributed by atoms with Gasteiger partial charge < -0.3 is 19.7 Å². The normalized spacial score (nSPS) is 15.2. The number of para-hydroxylation sites is 1. The molecule has 0 radical (unpaired) electrons. The van der Waals surface area contributed by atoms with Gasteiger partial charge in [0.1, 0.15) is 35.1 Å². The lowest BCUT2D eigenvalue weighted by molar-refractivity contribution is -0.140. The summed E-state index contributed by atoms with van der Waals surface area (Å²) in [6.45, 7) is 7.41. The van der Waals surface area contributed by atoms with Crippen molar-refractivity contribution in [1.29, 1.82) is 0 Å². The number of thiophene rings is 1. The molecule has 4 aromatic rings. The highest BCUT2D eigenvalue weighted by molar-refractivity contribution is 7.10. The Bertz CT molecular complexity index is 1780. The molecule has 2 heterocycles. The summed E-state index contributed by atoms with van der Waals surface area (Å²) in [4.78, 5) is 60.4. The summed E-state index contributed by atoms with van der Waals surface area (Å²) in [6, 6.07) is 25.5. The number of nitrogens with one attached hydrogen (secondary N) is 1. The molecule has 1 N–H and O–H groups in total. The van der Waals surface area contributed by atoms with E-state index >= 15 is 0 Å². The Morgan fingerprint density at radius 3 is 2.26 bits per heavy atom. The molecule has 4 amide bonds. The van der Waals surface area contributed by atoms with E-state index in [0.717, 1.165) is 5.56 Å². The zero-order valence-electron chi connectivity index (χ0n) is 28.5. The largest absolute Gasteiger partial charge is 0.457 e. The van der Waals surface area contributed by atoms with Crippen LogP contribution in [-0.2, 0) is 25.7 Å². The van der Waals surface area contributed by atoms with Gasteiger partial charge in [0.05, 0.1) is 6.54 Å². The summed E-state index contributed by atoms with van der Waals surface area (Å²) in [5.74, 6) is -0.440. The van der Waals surface area contributed by atoms with E-state index in [9.17, 15) is 19.2 Å². The molecule has 12 heteroatoms. The number of nitrogens with zero attached hydrogens (tertiary/aromatic N) is 3. The van der Waals surface area contributed by atoms with Crippen LogP contribution in [0.15, 0.2) is 96.4 Å². The third kappa shape index (κ3) is 9.02. The monoisotopic (exact) mass is 716 g/mol. The molecule has 5 rings (SSSR count). The first-order chi connectivity index (χ1) is 23.9. The van der Waals surface area contributed by atoms with Crippen LogP contribution in [0.2, 0.25) is 0 Å². The highest BCUT2D eigenvalue weighted by Crippen LogP contribution is 2.36. The maximum absolute atomic E-state index is 14.7. The number of alkyl halides is 1. The Kier molecular flexibility index (Phi) is 11.8. The number of hydrogen-bond acceptors (Lipinski definition) is 7. The highest BCUT2D eigenvalue weighted by Gasteiger charge is 2.43. The second kappa shape index (κ2) is 16.2. The third-order valence-electron chi connectivity index (χ3n) is 8.03. The second-order valence-corrected chi connectivity index (χ2v) is 14.1. The molecule has 10 nitrogen and oxygen atoms in total. The number of rotatable bonds is 10. The summed E-state index contributed by atoms with van der Waals surface area (Å²) in [5, 5.41) is 4.76. The quantitative estimate of drug-likeness (QED) is 0.179. The zero-order valence-corrected chi connectivity index (χ0v) is 30.1. The lowest BCUT2D eigenvalue weighted by Gasteiger charge is -2.43. The molecule has 1 fully saturated rings. The molecule has 0 bridgehead atoms.